The molecule has 2 unspecified atom stereocenters. The van der Waals surface area contributed by atoms with E-state index in [0.717, 1.165) is 18.0 Å². The van der Waals surface area contributed by atoms with Crippen molar-refractivity contribution in [3.8, 4) is 0 Å². The molecule has 1 aromatic rings. The highest BCUT2D eigenvalue weighted by Crippen LogP contribution is 2.36. The van der Waals surface area contributed by atoms with Crippen LogP contribution in [0.2, 0.25) is 5.02 Å². The van der Waals surface area contributed by atoms with E-state index >= 15 is 0 Å². The Morgan fingerprint density at radius 1 is 1.25 bits per heavy atom. The summed E-state index contributed by atoms with van der Waals surface area (Å²) >= 11 is 6.09. The number of aryl methyl sites for hydroxylation is 1. The van der Waals surface area contributed by atoms with Crippen LogP contribution in [0.3, 0.4) is 0 Å². The molecule has 0 aliphatic carbocycles. The maximum absolute atomic E-state index is 6.09. The molecule has 0 aromatic heterocycles. The molecule has 2 aliphatic heterocycles. The Kier molecular flexibility index (Phi) is 2.56. The number of nitrogens with zero attached hydrogens (tertiary/aromatic N) is 1. The summed E-state index contributed by atoms with van der Waals surface area (Å²) in [4.78, 5) is 2.47. The first-order chi connectivity index (χ1) is 7.74. The largest absolute Gasteiger partial charge is 0.367 e. The summed E-state index contributed by atoms with van der Waals surface area (Å²) in [5, 5.41) is 0.832. The standard InChI is InChI=1S/C13H17ClN2/c14-10-3-1-9-2-5-12-6-4-11(15)8-16(12)13(9)7-10/h1,3,7,11-12H,2,4-6,8,15H2. The Morgan fingerprint density at radius 3 is 3.00 bits per heavy atom. The van der Waals surface area contributed by atoms with Crippen LogP contribution < -0.4 is 10.6 Å². The molecule has 0 saturated carbocycles. The molecule has 0 radical (unpaired) electrons. The minimum absolute atomic E-state index is 0.321. The van der Waals surface area contributed by atoms with Crippen molar-refractivity contribution in [1.82, 2.24) is 0 Å². The maximum Gasteiger partial charge on any atom is 0.0426 e. The van der Waals surface area contributed by atoms with Crippen molar-refractivity contribution in [1.29, 1.82) is 0 Å². The number of halogens is 1. The second-order valence-electron chi connectivity index (χ2n) is 4.96. The molecular formula is C13H17ClN2. The topological polar surface area (TPSA) is 29.3 Å². The Morgan fingerprint density at radius 2 is 2.12 bits per heavy atom. The molecule has 1 saturated heterocycles. The molecule has 2 atom stereocenters. The number of benzene rings is 1. The second kappa shape index (κ2) is 3.94. The first-order valence-corrected chi connectivity index (χ1v) is 6.42. The van der Waals surface area contributed by atoms with E-state index in [0.29, 0.717) is 12.1 Å². The molecule has 0 bridgehead atoms. The van der Waals surface area contributed by atoms with Gasteiger partial charge < -0.3 is 10.6 Å². The van der Waals surface area contributed by atoms with Gasteiger partial charge in [0.2, 0.25) is 0 Å². The van der Waals surface area contributed by atoms with Crippen LogP contribution in [0.15, 0.2) is 18.2 Å². The highest BCUT2D eigenvalue weighted by molar-refractivity contribution is 6.30. The van der Waals surface area contributed by atoms with Gasteiger partial charge in [0.25, 0.3) is 0 Å². The van der Waals surface area contributed by atoms with Crippen LogP contribution in [0.5, 0.6) is 0 Å². The number of fused-ring (bicyclic) bond motifs is 3. The zero-order chi connectivity index (χ0) is 11.1. The molecule has 1 aromatic carbocycles. The monoisotopic (exact) mass is 236 g/mol. The van der Waals surface area contributed by atoms with Crippen molar-refractivity contribution in [3.05, 3.63) is 28.8 Å². The zero-order valence-corrected chi connectivity index (χ0v) is 10.1. The predicted molar refractivity (Wildman–Crippen MR) is 68.1 cm³/mol. The van der Waals surface area contributed by atoms with Gasteiger partial charge in [-0.1, -0.05) is 17.7 Å². The van der Waals surface area contributed by atoms with Gasteiger partial charge in [-0.15, -0.1) is 0 Å². The minimum Gasteiger partial charge on any atom is -0.367 e. The van der Waals surface area contributed by atoms with E-state index in [4.69, 9.17) is 17.3 Å². The van der Waals surface area contributed by atoms with Crippen LogP contribution in [0, 0.1) is 0 Å². The summed E-state index contributed by atoms with van der Waals surface area (Å²) in [6.07, 6.45) is 4.84. The van der Waals surface area contributed by atoms with Crippen LogP contribution in [0.4, 0.5) is 5.69 Å². The molecule has 1 fully saturated rings. The van der Waals surface area contributed by atoms with Gasteiger partial charge >= 0.3 is 0 Å². The van der Waals surface area contributed by atoms with Gasteiger partial charge in [0, 0.05) is 29.3 Å². The Labute approximate surface area is 101 Å². The highest BCUT2D eigenvalue weighted by Gasteiger charge is 2.31. The summed E-state index contributed by atoms with van der Waals surface area (Å²) in [5.74, 6) is 0. The number of rotatable bonds is 0. The van der Waals surface area contributed by atoms with E-state index in [1.807, 2.05) is 6.07 Å². The predicted octanol–water partition coefficient (Wildman–Crippen LogP) is 2.58. The molecule has 3 rings (SSSR count). The normalized spacial score (nSPS) is 28.5. The van der Waals surface area contributed by atoms with Gasteiger partial charge in [-0.3, -0.25) is 0 Å². The number of nitrogens with two attached hydrogens (primary N) is 1. The Hall–Kier alpha value is -0.730. The molecule has 86 valence electrons. The third-order valence-electron chi connectivity index (χ3n) is 3.85. The Balaban J connectivity index is 1.99. The van der Waals surface area contributed by atoms with Crippen LogP contribution >= 0.6 is 11.6 Å². The molecule has 2 N–H and O–H groups in total. The first kappa shape index (κ1) is 10.4. The van der Waals surface area contributed by atoms with E-state index in [1.54, 1.807) is 0 Å². The van der Waals surface area contributed by atoms with Gasteiger partial charge in [-0.05, 0) is 43.4 Å². The fourth-order valence-electron chi connectivity index (χ4n) is 2.99. The van der Waals surface area contributed by atoms with Crippen molar-refractivity contribution in [3.63, 3.8) is 0 Å². The number of hydrogen-bond donors (Lipinski definition) is 1. The number of piperidine rings is 1. The molecule has 0 amide bonds. The highest BCUT2D eigenvalue weighted by atomic mass is 35.5. The van der Waals surface area contributed by atoms with Crippen molar-refractivity contribution in [2.75, 3.05) is 11.4 Å². The minimum atomic E-state index is 0.321. The van der Waals surface area contributed by atoms with Crippen LogP contribution in [-0.2, 0) is 6.42 Å². The van der Waals surface area contributed by atoms with E-state index in [1.165, 1.54) is 30.5 Å². The molecule has 2 nitrogen and oxygen atoms in total. The van der Waals surface area contributed by atoms with Gasteiger partial charge in [0.15, 0.2) is 0 Å². The smallest absolute Gasteiger partial charge is 0.0426 e. The number of anilines is 1. The lowest BCUT2D eigenvalue weighted by molar-refractivity contribution is 0.390. The van der Waals surface area contributed by atoms with Crippen LogP contribution in [0.25, 0.3) is 0 Å². The quantitative estimate of drug-likeness (QED) is 0.750. The van der Waals surface area contributed by atoms with Crippen molar-refractivity contribution >= 4 is 17.3 Å². The lowest BCUT2D eigenvalue weighted by Crippen LogP contribution is -2.50. The molecule has 3 heteroatoms. The average Bonchev–Trinajstić information content (AvgIpc) is 2.29. The first-order valence-electron chi connectivity index (χ1n) is 6.04. The van der Waals surface area contributed by atoms with E-state index in [-0.39, 0.29) is 0 Å². The van der Waals surface area contributed by atoms with Crippen molar-refractivity contribution in [2.45, 2.75) is 37.8 Å². The van der Waals surface area contributed by atoms with Crippen molar-refractivity contribution < 1.29 is 0 Å². The number of hydrogen-bond acceptors (Lipinski definition) is 2. The van der Waals surface area contributed by atoms with Gasteiger partial charge in [-0.25, -0.2) is 0 Å². The van der Waals surface area contributed by atoms with E-state index in [2.05, 4.69) is 17.0 Å². The summed E-state index contributed by atoms with van der Waals surface area (Å²) < 4.78 is 0. The molecule has 2 aliphatic rings. The fourth-order valence-corrected chi connectivity index (χ4v) is 3.15. The fraction of sp³-hybridized carbons (Fsp3) is 0.538. The van der Waals surface area contributed by atoms with Crippen molar-refractivity contribution in [2.24, 2.45) is 5.73 Å². The molecule has 0 spiro atoms. The lowest BCUT2D eigenvalue weighted by atomic mass is 9.88. The lowest BCUT2D eigenvalue weighted by Gasteiger charge is -2.44. The summed E-state index contributed by atoms with van der Waals surface area (Å²) in [6.45, 7) is 0.984. The summed E-state index contributed by atoms with van der Waals surface area (Å²) in [5.41, 5.74) is 8.81. The SMILES string of the molecule is NC1CCC2CCc3ccc(Cl)cc3N2C1. The van der Waals surface area contributed by atoms with E-state index < -0.39 is 0 Å². The third kappa shape index (κ3) is 1.70. The summed E-state index contributed by atoms with van der Waals surface area (Å²) in [7, 11) is 0. The zero-order valence-electron chi connectivity index (χ0n) is 9.32. The third-order valence-corrected chi connectivity index (χ3v) is 4.08. The van der Waals surface area contributed by atoms with Gasteiger partial charge in [-0.2, -0.15) is 0 Å². The Bertz CT molecular complexity index is 405. The maximum atomic E-state index is 6.09. The molecular weight excluding hydrogens is 220 g/mol. The summed E-state index contributed by atoms with van der Waals surface area (Å²) in [6, 6.07) is 7.26. The van der Waals surface area contributed by atoms with Crippen LogP contribution in [0.1, 0.15) is 24.8 Å². The van der Waals surface area contributed by atoms with Crippen LogP contribution in [-0.4, -0.2) is 18.6 Å². The van der Waals surface area contributed by atoms with Gasteiger partial charge in [0.05, 0.1) is 0 Å². The molecule has 2 heterocycles. The second-order valence-corrected chi connectivity index (χ2v) is 5.39. The average molecular weight is 237 g/mol. The molecule has 16 heavy (non-hydrogen) atoms. The van der Waals surface area contributed by atoms with E-state index in [9.17, 15) is 0 Å². The van der Waals surface area contributed by atoms with Gasteiger partial charge in [0.1, 0.15) is 0 Å².